The SMILES string of the molecule is Cn1cnc2c1c(=O)n(CC(O)CN1CCN(CCO)CC1)c(=O)n2C. The minimum atomic E-state index is -0.824. The Morgan fingerprint density at radius 1 is 1.12 bits per heavy atom. The summed E-state index contributed by atoms with van der Waals surface area (Å²) in [5, 5.41) is 19.4. The molecule has 0 saturated carbocycles. The molecule has 0 spiro atoms. The van der Waals surface area contributed by atoms with Gasteiger partial charge in [-0.2, -0.15) is 0 Å². The zero-order valence-electron chi connectivity index (χ0n) is 15.2. The van der Waals surface area contributed by atoms with Gasteiger partial charge in [0.1, 0.15) is 0 Å². The number of aliphatic hydroxyl groups excluding tert-OH is 2. The lowest BCUT2D eigenvalue weighted by Crippen LogP contribution is -2.50. The first kappa shape index (κ1) is 18.8. The third-order valence-electron chi connectivity index (χ3n) is 4.94. The van der Waals surface area contributed by atoms with Gasteiger partial charge in [-0.1, -0.05) is 0 Å². The second-order valence-electron chi connectivity index (χ2n) is 6.80. The molecule has 0 bridgehead atoms. The first-order valence-electron chi connectivity index (χ1n) is 8.77. The smallest absolute Gasteiger partial charge is 0.332 e. The third kappa shape index (κ3) is 3.58. The third-order valence-corrected chi connectivity index (χ3v) is 4.94. The average Bonchev–Trinajstić information content (AvgIpc) is 3.01. The predicted molar refractivity (Wildman–Crippen MR) is 96.2 cm³/mol. The van der Waals surface area contributed by atoms with E-state index in [2.05, 4.69) is 14.8 Å². The predicted octanol–water partition coefficient (Wildman–Crippen LogP) is -2.60. The Morgan fingerprint density at radius 2 is 1.77 bits per heavy atom. The Bertz CT molecular complexity index is 877. The van der Waals surface area contributed by atoms with Gasteiger partial charge < -0.3 is 14.8 Å². The summed E-state index contributed by atoms with van der Waals surface area (Å²) in [4.78, 5) is 33.5. The minimum Gasteiger partial charge on any atom is -0.395 e. The number of aliphatic hydroxyl groups is 2. The minimum absolute atomic E-state index is 0.0521. The number of aromatic nitrogens is 4. The highest BCUT2D eigenvalue weighted by molar-refractivity contribution is 5.69. The number of fused-ring (bicyclic) bond motifs is 1. The van der Waals surface area contributed by atoms with Crippen LogP contribution in [0.4, 0.5) is 0 Å². The molecule has 3 heterocycles. The van der Waals surface area contributed by atoms with Crippen LogP contribution in [0.5, 0.6) is 0 Å². The van der Waals surface area contributed by atoms with Crippen LogP contribution in [0.1, 0.15) is 0 Å². The van der Waals surface area contributed by atoms with Gasteiger partial charge in [-0.05, 0) is 0 Å². The molecule has 0 radical (unpaired) electrons. The zero-order chi connectivity index (χ0) is 18.8. The molecule has 0 aliphatic carbocycles. The lowest BCUT2D eigenvalue weighted by molar-refractivity contribution is 0.0580. The van der Waals surface area contributed by atoms with Crippen molar-refractivity contribution in [3.05, 3.63) is 27.2 Å². The van der Waals surface area contributed by atoms with Crippen LogP contribution in [-0.4, -0.2) is 90.7 Å². The van der Waals surface area contributed by atoms with Crippen molar-refractivity contribution >= 4 is 11.2 Å². The van der Waals surface area contributed by atoms with Crippen LogP contribution in [0.25, 0.3) is 11.2 Å². The fourth-order valence-electron chi connectivity index (χ4n) is 3.46. The van der Waals surface area contributed by atoms with Crippen molar-refractivity contribution in [1.82, 2.24) is 28.5 Å². The van der Waals surface area contributed by atoms with Crippen molar-refractivity contribution in [1.29, 1.82) is 0 Å². The molecule has 10 heteroatoms. The first-order chi connectivity index (χ1) is 12.4. The van der Waals surface area contributed by atoms with Gasteiger partial charge in [0, 0.05) is 53.4 Å². The van der Waals surface area contributed by atoms with E-state index in [0.29, 0.717) is 24.3 Å². The van der Waals surface area contributed by atoms with E-state index in [1.165, 1.54) is 10.9 Å². The number of imidazole rings is 1. The molecular formula is C16H26N6O4. The molecule has 3 rings (SSSR count). The Morgan fingerprint density at radius 3 is 2.42 bits per heavy atom. The van der Waals surface area contributed by atoms with Crippen LogP contribution in [0.3, 0.4) is 0 Å². The van der Waals surface area contributed by atoms with E-state index >= 15 is 0 Å². The van der Waals surface area contributed by atoms with E-state index in [9.17, 15) is 14.7 Å². The molecule has 0 aromatic carbocycles. The highest BCUT2D eigenvalue weighted by Crippen LogP contribution is 2.05. The van der Waals surface area contributed by atoms with Gasteiger partial charge in [0.05, 0.1) is 25.6 Å². The molecule has 0 amide bonds. The number of aryl methyl sites for hydroxylation is 2. The monoisotopic (exact) mass is 366 g/mol. The maximum atomic E-state index is 12.7. The molecule has 1 aliphatic rings. The van der Waals surface area contributed by atoms with E-state index in [4.69, 9.17) is 5.11 Å². The zero-order valence-corrected chi connectivity index (χ0v) is 15.2. The van der Waals surface area contributed by atoms with Crippen LogP contribution in [0, 0.1) is 0 Å². The number of β-amino-alcohol motifs (C(OH)–C–C–N with tert-alkyl or cyclic N) is 2. The van der Waals surface area contributed by atoms with Gasteiger partial charge in [-0.25, -0.2) is 9.78 Å². The highest BCUT2D eigenvalue weighted by Gasteiger charge is 2.21. The van der Waals surface area contributed by atoms with Crippen molar-refractivity contribution in [3.8, 4) is 0 Å². The summed E-state index contributed by atoms with van der Waals surface area (Å²) in [6.07, 6.45) is 0.675. The van der Waals surface area contributed by atoms with E-state index in [1.54, 1.807) is 18.7 Å². The van der Waals surface area contributed by atoms with E-state index in [-0.39, 0.29) is 13.2 Å². The number of hydrogen-bond acceptors (Lipinski definition) is 7. The molecular weight excluding hydrogens is 340 g/mol. The second-order valence-corrected chi connectivity index (χ2v) is 6.80. The molecule has 10 nitrogen and oxygen atoms in total. The van der Waals surface area contributed by atoms with Crippen LogP contribution in [0.15, 0.2) is 15.9 Å². The molecule has 1 fully saturated rings. The Hall–Kier alpha value is -2.01. The lowest BCUT2D eigenvalue weighted by atomic mass is 10.2. The van der Waals surface area contributed by atoms with Crippen LogP contribution < -0.4 is 11.2 Å². The Labute approximate surface area is 150 Å². The van der Waals surface area contributed by atoms with E-state index in [0.717, 1.165) is 30.7 Å². The topological polar surface area (TPSA) is 109 Å². The lowest BCUT2D eigenvalue weighted by Gasteiger charge is -2.35. The number of nitrogens with zero attached hydrogens (tertiary/aromatic N) is 6. The summed E-state index contributed by atoms with van der Waals surface area (Å²) >= 11 is 0. The van der Waals surface area contributed by atoms with Gasteiger partial charge in [-0.3, -0.25) is 23.7 Å². The molecule has 1 atom stereocenters. The van der Waals surface area contributed by atoms with Crippen LogP contribution in [0.2, 0.25) is 0 Å². The second kappa shape index (κ2) is 7.70. The molecule has 1 saturated heterocycles. The van der Waals surface area contributed by atoms with Gasteiger partial charge >= 0.3 is 5.69 Å². The Balaban J connectivity index is 1.72. The fraction of sp³-hybridized carbons (Fsp3) is 0.688. The summed E-state index contributed by atoms with van der Waals surface area (Å²) in [6.45, 7) is 4.37. The van der Waals surface area contributed by atoms with Gasteiger partial charge in [0.2, 0.25) is 0 Å². The molecule has 144 valence electrons. The van der Waals surface area contributed by atoms with Crippen molar-refractivity contribution < 1.29 is 10.2 Å². The molecule has 26 heavy (non-hydrogen) atoms. The van der Waals surface area contributed by atoms with Crippen LogP contribution in [-0.2, 0) is 20.6 Å². The summed E-state index contributed by atoms with van der Waals surface area (Å²) < 4.78 is 3.99. The summed E-state index contributed by atoms with van der Waals surface area (Å²) in [5.74, 6) is 0. The molecule has 2 N–H and O–H groups in total. The average molecular weight is 366 g/mol. The maximum Gasteiger partial charge on any atom is 0.332 e. The van der Waals surface area contributed by atoms with Gasteiger partial charge in [-0.15, -0.1) is 0 Å². The largest absolute Gasteiger partial charge is 0.395 e. The molecule has 2 aromatic rings. The van der Waals surface area contributed by atoms with Crippen molar-refractivity contribution in [3.63, 3.8) is 0 Å². The first-order valence-corrected chi connectivity index (χ1v) is 8.77. The van der Waals surface area contributed by atoms with E-state index < -0.39 is 17.4 Å². The number of hydrogen-bond donors (Lipinski definition) is 2. The number of piperazine rings is 1. The summed E-state index contributed by atoms with van der Waals surface area (Å²) in [6, 6.07) is 0. The quantitative estimate of drug-likeness (QED) is 0.577. The van der Waals surface area contributed by atoms with Crippen molar-refractivity contribution in [2.45, 2.75) is 12.6 Å². The van der Waals surface area contributed by atoms with Gasteiger partial charge in [0.15, 0.2) is 11.2 Å². The normalized spacial score (nSPS) is 17.8. The standard InChI is InChI=1S/C16H26N6O4/c1-18-11-17-14-13(18)15(25)22(16(26)19(14)2)10-12(24)9-21-5-3-20(4-6-21)7-8-23/h11-12,23-24H,3-10H2,1-2H3. The summed E-state index contributed by atoms with van der Waals surface area (Å²) in [5.41, 5.74) is -0.229. The molecule has 1 aliphatic heterocycles. The molecule has 1 unspecified atom stereocenters. The molecule has 2 aromatic heterocycles. The van der Waals surface area contributed by atoms with Crippen molar-refractivity contribution in [2.24, 2.45) is 14.1 Å². The van der Waals surface area contributed by atoms with Crippen molar-refractivity contribution in [2.75, 3.05) is 45.9 Å². The van der Waals surface area contributed by atoms with Crippen LogP contribution >= 0.6 is 0 Å². The Kier molecular flexibility index (Phi) is 5.56. The highest BCUT2D eigenvalue weighted by atomic mass is 16.3. The summed E-state index contributed by atoms with van der Waals surface area (Å²) in [7, 11) is 3.27. The van der Waals surface area contributed by atoms with E-state index in [1.807, 2.05) is 0 Å². The van der Waals surface area contributed by atoms with Gasteiger partial charge in [0.25, 0.3) is 5.56 Å². The number of rotatable bonds is 6. The maximum absolute atomic E-state index is 12.7. The fourth-order valence-corrected chi connectivity index (χ4v) is 3.46.